The van der Waals surface area contributed by atoms with Crippen LogP contribution in [0.15, 0.2) is 18.3 Å². The summed E-state index contributed by atoms with van der Waals surface area (Å²) < 4.78 is 5.93. The molecule has 1 aliphatic carbocycles. The molecule has 2 unspecified atom stereocenters. The monoisotopic (exact) mass is 233 g/mol. The molecule has 1 heterocycles. The maximum atomic E-state index is 11.5. The number of pyridine rings is 1. The van der Waals surface area contributed by atoms with Crippen molar-refractivity contribution >= 4 is 5.78 Å². The van der Waals surface area contributed by atoms with E-state index in [2.05, 4.69) is 11.9 Å². The van der Waals surface area contributed by atoms with E-state index in [0.717, 1.165) is 6.42 Å². The van der Waals surface area contributed by atoms with Gasteiger partial charge in [0.2, 0.25) is 5.88 Å². The summed E-state index contributed by atoms with van der Waals surface area (Å²) in [5, 5.41) is 0. The van der Waals surface area contributed by atoms with E-state index in [-0.39, 0.29) is 11.9 Å². The first-order valence-electron chi connectivity index (χ1n) is 6.31. The Balaban J connectivity index is 2.14. The smallest absolute Gasteiger partial charge is 0.224 e. The summed E-state index contributed by atoms with van der Waals surface area (Å²) in [7, 11) is 0. The molecule has 0 bridgehead atoms. The van der Waals surface area contributed by atoms with Crippen LogP contribution in [0.2, 0.25) is 0 Å². The average molecular weight is 233 g/mol. The first-order chi connectivity index (χ1) is 8.18. The number of nitrogens with zero attached hydrogens (tertiary/aromatic N) is 1. The zero-order valence-corrected chi connectivity index (χ0v) is 10.5. The second-order valence-electron chi connectivity index (χ2n) is 4.83. The fraction of sp³-hybridized carbons (Fsp3) is 0.571. The van der Waals surface area contributed by atoms with Crippen LogP contribution < -0.4 is 4.74 Å². The molecule has 1 aliphatic rings. The lowest BCUT2D eigenvalue weighted by Gasteiger charge is -2.29. The Labute approximate surface area is 102 Å². The maximum absolute atomic E-state index is 11.5. The van der Waals surface area contributed by atoms with Crippen molar-refractivity contribution in [2.24, 2.45) is 5.92 Å². The lowest BCUT2D eigenvalue weighted by Crippen LogP contribution is -2.29. The van der Waals surface area contributed by atoms with Gasteiger partial charge in [-0.1, -0.05) is 13.3 Å². The quantitative estimate of drug-likeness (QED) is 0.752. The van der Waals surface area contributed by atoms with Crippen LogP contribution in [0.5, 0.6) is 5.88 Å². The van der Waals surface area contributed by atoms with Crippen LogP contribution in [0.4, 0.5) is 0 Å². The number of Topliss-reactive ketones (excluding diaryl/α,β-unsaturated/α-hetero) is 1. The van der Waals surface area contributed by atoms with E-state index in [9.17, 15) is 4.79 Å². The predicted molar refractivity (Wildman–Crippen MR) is 66.3 cm³/mol. The van der Waals surface area contributed by atoms with E-state index in [1.807, 2.05) is 0 Å². The average Bonchev–Trinajstić information content (AvgIpc) is 2.32. The van der Waals surface area contributed by atoms with Crippen LogP contribution in [0.1, 0.15) is 49.9 Å². The van der Waals surface area contributed by atoms with Gasteiger partial charge >= 0.3 is 0 Å². The Morgan fingerprint density at radius 2 is 2.18 bits per heavy atom. The zero-order valence-electron chi connectivity index (χ0n) is 10.5. The predicted octanol–water partition coefficient (Wildman–Crippen LogP) is 3.24. The molecule has 0 radical (unpaired) electrons. The fourth-order valence-electron chi connectivity index (χ4n) is 2.35. The molecule has 0 aliphatic heterocycles. The summed E-state index contributed by atoms with van der Waals surface area (Å²) >= 11 is 0. The van der Waals surface area contributed by atoms with Crippen LogP contribution in [0.25, 0.3) is 0 Å². The Bertz CT molecular complexity index is 403. The van der Waals surface area contributed by atoms with Crippen molar-refractivity contribution in [1.82, 2.24) is 4.98 Å². The van der Waals surface area contributed by atoms with Gasteiger partial charge in [0.15, 0.2) is 5.78 Å². The van der Waals surface area contributed by atoms with Gasteiger partial charge in [-0.2, -0.15) is 0 Å². The molecule has 0 aromatic carbocycles. The zero-order chi connectivity index (χ0) is 12.3. The third-order valence-corrected chi connectivity index (χ3v) is 3.45. The van der Waals surface area contributed by atoms with Crippen molar-refractivity contribution in [3.8, 4) is 5.88 Å². The number of rotatable bonds is 3. The number of ketones is 1. The molecule has 92 valence electrons. The van der Waals surface area contributed by atoms with E-state index in [1.54, 1.807) is 25.3 Å². The highest BCUT2D eigenvalue weighted by molar-refractivity contribution is 5.96. The molecule has 3 nitrogen and oxygen atoms in total. The number of carbonyl (C=O) groups is 1. The van der Waals surface area contributed by atoms with E-state index in [1.165, 1.54) is 19.3 Å². The van der Waals surface area contributed by atoms with E-state index < -0.39 is 0 Å². The molecule has 1 aromatic heterocycles. The molecular weight excluding hydrogens is 214 g/mol. The Hall–Kier alpha value is -1.38. The Morgan fingerprint density at radius 1 is 1.41 bits per heavy atom. The molecule has 2 atom stereocenters. The van der Waals surface area contributed by atoms with Gasteiger partial charge in [0.05, 0.1) is 5.56 Å². The minimum atomic E-state index is 0.0107. The van der Waals surface area contributed by atoms with Gasteiger partial charge in [-0.25, -0.2) is 4.98 Å². The second-order valence-corrected chi connectivity index (χ2v) is 4.83. The lowest BCUT2D eigenvalue weighted by molar-refractivity contribution is 0.0911. The van der Waals surface area contributed by atoms with Crippen molar-refractivity contribution in [2.45, 2.75) is 45.6 Å². The molecule has 1 fully saturated rings. The number of ether oxygens (including phenoxy) is 1. The van der Waals surface area contributed by atoms with E-state index >= 15 is 0 Å². The third kappa shape index (κ3) is 2.84. The van der Waals surface area contributed by atoms with E-state index in [4.69, 9.17) is 4.74 Å². The minimum Gasteiger partial charge on any atom is -0.474 e. The maximum Gasteiger partial charge on any atom is 0.224 e. The lowest BCUT2D eigenvalue weighted by atomic mass is 9.88. The van der Waals surface area contributed by atoms with Crippen LogP contribution >= 0.6 is 0 Å². The summed E-state index contributed by atoms with van der Waals surface area (Å²) in [6.45, 7) is 3.76. The van der Waals surface area contributed by atoms with Crippen molar-refractivity contribution in [3.63, 3.8) is 0 Å². The Morgan fingerprint density at radius 3 is 2.88 bits per heavy atom. The summed E-state index contributed by atoms with van der Waals surface area (Å²) in [6.07, 6.45) is 6.63. The standard InChI is InChI=1S/C14H19NO2/c1-10-6-3-4-8-13(10)17-14-12(11(2)16)7-5-9-15-14/h5,7,9-10,13H,3-4,6,8H2,1-2H3. The second kappa shape index (κ2) is 5.30. The summed E-state index contributed by atoms with van der Waals surface area (Å²) in [4.78, 5) is 15.7. The van der Waals surface area contributed by atoms with Crippen molar-refractivity contribution in [2.75, 3.05) is 0 Å². The highest BCUT2D eigenvalue weighted by atomic mass is 16.5. The van der Waals surface area contributed by atoms with E-state index in [0.29, 0.717) is 17.4 Å². The summed E-state index contributed by atoms with van der Waals surface area (Å²) in [5.74, 6) is 1.06. The molecule has 1 aromatic rings. The van der Waals surface area contributed by atoms with Crippen molar-refractivity contribution in [1.29, 1.82) is 0 Å². The number of carbonyl (C=O) groups excluding carboxylic acids is 1. The van der Waals surface area contributed by atoms with Crippen LogP contribution in [0.3, 0.4) is 0 Å². The van der Waals surface area contributed by atoms with Gasteiger partial charge < -0.3 is 4.74 Å². The van der Waals surface area contributed by atoms with Crippen LogP contribution in [-0.4, -0.2) is 16.9 Å². The Kier molecular flexibility index (Phi) is 3.77. The molecule has 0 spiro atoms. The molecule has 3 heteroatoms. The highest BCUT2D eigenvalue weighted by Gasteiger charge is 2.24. The first kappa shape index (κ1) is 12.1. The largest absolute Gasteiger partial charge is 0.474 e. The van der Waals surface area contributed by atoms with Gasteiger partial charge in [0.25, 0.3) is 0 Å². The van der Waals surface area contributed by atoms with Gasteiger partial charge in [0.1, 0.15) is 6.10 Å². The summed E-state index contributed by atoms with van der Waals surface area (Å²) in [5.41, 5.74) is 0.588. The minimum absolute atomic E-state index is 0.0107. The third-order valence-electron chi connectivity index (χ3n) is 3.45. The molecular formula is C14H19NO2. The molecule has 0 amide bonds. The molecule has 0 N–H and O–H groups in total. The van der Waals surface area contributed by atoms with Gasteiger partial charge in [0, 0.05) is 6.20 Å². The molecule has 0 saturated heterocycles. The molecule has 2 rings (SSSR count). The van der Waals surface area contributed by atoms with Crippen molar-refractivity contribution < 1.29 is 9.53 Å². The number of hydrogen-bond acceptors (Lipinski definition) is 3. The summed E-state index contributed by atoms with van der Waals surface area (Å²) in [6, 6.07) is 3.55. The normalized spacial score (nSPS) is 24.4. The number of aromatic nitrogens is 1. The number of hydrogen-bond donors (Lipinski definition) is 0. The highest BCUT2D eigenvalue weighted by Crippen LogP contribution is 2.28. The van der Waals surface area contributed by atoms with Gasteiger partial charge in [-0.05, 0) is 44.2 Å². The topological polar surface area (TPSA) is 39.2 Å². The van der Waals surface area contributed by atoms with Crippen LogP contribution in [0, 0.1) is 5.92 Å². The van der Waals surface area contributed by atoms with Crippen molar-refractivity contribution in [3.05, 3.63) is 23.9 Å². The fourth-order valence-corrected chi connectivity index (χ4v) is 2.35. The van der Waals surface area contributed by atoms with Gasteiger partial charge in [-0.3, -0.25) is 4.79 Å². The van der Waals surface area contributed by atoms with Gasteiger partial charge in [-0.15, -0.1) is 0 Å². The first-order valence-corrected chi connectivity index (χ1v) is 6.31. The molecule has 1 saturated carbocycles. The SMILES string of the molecule is CC(=O)c1cccnc1OC1CCCCC1C. The van der Waals surface area contributed by atoms with Crippen LogP contribution in [-0.2, 0) is 0 Å². The molecule has 17 heavy (non-hydrogen) atoms.